The van der Waals surface area contributed by atoms with Crippen LogP contribution in [0, 0.1) is 0 Å². The summed E-state index contributed by atoms with van der Waals surface area (Å²) in [5.41, 5.74) is 8.92. The molecule has 0 aliphatic heterocycles. The molecular weight excluding hydrogens is 456 g/mol. The number of halogens is 1. The highest BCUT2D eigenvalue weighted by Gasteiger charge is 2.24. The van der Waals surface area contributed by atoms with E-state index in [-0.39, 0.29) is 23.1 Å². The van der Waals surface area contributed by atoms with E-state index in [1.54, 1.807) is 0 Å². The number of aromatic hydroxyl groups is 1. The number of nitrogen functional groups attached to an aromatic ring is 1. The van der Waals surface area contributed by atoms with Crippen molar-refractivity contribution in [2.45, 2.75) is 10.6 Å². The van der Waals surface area contributed by atoms with Gasteiger partial charge in [0.2, 0.25) is 11.6 Å². The quantitative estimate of drug-likeness (QED) is 0.210. The Kier molecular flexibility index (Phi) is 6.33. The number of amides is 1. The Balaban J connectivity index is 1.58. The third-order valence-corrected chi connectivity index (χ3v) is 5.41. The zero-order valence-electron chi connectivity index (χ0n) is 16.2. The number of anilines is 1. The van der Waals surface area contributed by atoms with Gasteiger partial charge in [-0.1, -0.05) is 35.0 Å². The molecule has 0 radical (unpaired) electrons. The number of hydrazone groups is 1. The fourth-order valence-electron chi connectivity index (χ4n) is 2.63. The summed E-state index contributed by atoms with van der Waals surface area (Å²) in [6.07, 6.45) is 1.27. The molecule has 1 amide bonds. The molecule has 0 fully saturated rings. The van der Waals surface area contributed by atoms with E-state index < -0.39 is 5.91 Å². The van der Waals surface area contributed by atoms with E-state index in [9.17, 15) is 9.90 Å². The zero-order chi connectivity index (χ0) is 22.5. The molecule has 4 rings (SSSR count). The molecule has 13 heteroatoms. The minimum Gasteiger partial charge on any atom is -0.507 e. The number of aromatic nitrogens is 5. The van der Waals surface area contributed by atoms with Gasteiger partial charge in [-0.05, 0) is 40.6 Å². The van der Waals surface area contributed by atoms with Crippen molar-refractivity contribution in [1.29, 1.82) is 0 Å². The molecule has 4 N–H and O–H groups in total. The molecule has 0 bridgehead atoms. The van der Waals surface area contributed by atoms with Crippen molar-refractivity contribution in [2.75, 3.05) is 5.73 Å². The number of nitrogens with zero attached hydrogens (tertiary/aromatic N) is 6. The summed E-state index contributed by atoms with van der Waals surface area (Å²) in [4.78, 5) is 13.7. The third-order valence-electron chi connectivity index (χ3n) is 4.15. The molecule has 0 saturated carbocycles. The van der Waals surface area contributed by atoms with Crippen LogP contribution in [0.4, 0.5) is 5.82 Å². The number of hydrogen-bond acceptors (Lipinski definition) is 10. The van der Waals surface area contributed by atoms with Crippen molar-refractivity contribution in [3.8, 4) is 11.6 Å². The summed E-state index contributed by atoms with van der Waals surface area (Å²) in [5.74, 6) is -0.208. The number of carbonyl (C=O) groups excluding carboxylic acids is 1. The molecule has 4 aromatic rings. The largest absolute Gasteiger partial charge is 0.507 e. The van der Waals surface area contributed by atoms with E-state index in [1.807, 2.05) is 30.3 Å². The van der Waals surface area contributed by atoms with Crippen LogP contribution in [-0.2, 0) is 5.75 Å². The Morgan fingerprint density at radius 2 is 2.09 bits per heavy atom. The number of nitrogens with one attached hydrogen (secondary N) is 1. The maximum atomic E-state index is 12.8. The summed E-state index contributed by atoms with van der Waals surface area (Å²) < 4.78 is 5.94. The Bertz CT molecular complexity index is 1270. The van der Waals surface area contributed by atoms with Crippen LogP contribution in [0.25, 0.3) is 5.82 Å². The van der Waals surface area contributed by atoms with Gasteiger partial charge in [0.15, 0.2) is 5.69 Å². The van der Waals surface area contributed by atoms with Gasteiger partial charge in [0, 0.05) is 21.2 Å². The molecular formula is C19H15ClN8O3S. The standard InChI is InChI=1S/C19H15ClN8O3S/c20-12-6-7-15(29)11(8-12)9-22-24-19(30)16-14(10-32-13-4-2-1-3-5-13)28(27-23-16)18-17(21)25-31-26-18/h1-9,29H,10H2,(H2,21,25)(H,24,30)/b22-9-. The first-order chi connectivity index (χ1) is 15.5. The van der Waals surface area contributed by atoms with Gasteiger partial charge in [-0.25, -0.2) is 10.1 Å². The number of carbonyl (C=O) groups is 1. The van der Waals surface area contributed by atoms with E-state index >= 15 is 0 Å². The van der Waals surface area contributed by atoms with Gasteiger partial charge in [-0.3, -0.25) is 4.79 Å². The van der Waals surface area contributed by atoms with E-state index in [1.165, 1.54) is 40.9 Å². The lowest BCUT2D eigenvalue weighted by Gasteiger charge is -2.06. The summed E-state index contributed by atoms with van der Waals surface area (Å²) in [5, 5.41) is 29.4. The Morgan fingerprint density at radius 1 is 1.28 bits per heavy atom. The Labute approximate surface area is 190 Å². The van der Waals surface area contributed by atoms with Gasteiger partial charge in [-0.15, -0.1) is 16.9 Å². The maximum absolute atomic E-state index is 12.8. The normalized spacial score (nSPS) is 11.2. The van der Waals surface area contributed by atoms with Gasteiger partial charge in [0.05, 0.1) is 11.9 Å². The molecule has 162 valence electrons. The SMILES string of the molecule is Nc1nonc1-n1nnc(C(=O)N/N=C\c2cc(Cl)ccc2O)c1CSc1ccccc1. The van der Waals surface area contributed by atoms with Crippen molar-refractivity contribution in [3.05, 3.63) is 70.5 Å². The molecule has 32 heavy (non-hydrogen) atoms. The molecule has 0 aliphatic rings. The van der Waals surface area contributed by atoms with Crippen LogP contribution in [0.15, 0.2) is 63.2 Å². The van der Waals surface area contributed by atoms with Gasteiger partial charge in [0.1, 0.15) is 5.75 Å². The number of phenols is 1. The van der Waals surface area contributed by atoms with Crippen molar-refractivity contribution in [3.63, 3.8) is 0 Å². The summed E-state index contributed by atoms with van der Waals surface area (Å²) in [7, 11) is 0. The highest BCUT2D eigenvalue weighted by molar-refractivity contribution is 7.98. The predicted octanol–water partition coefficient (Wildman–Crippen LogP) is 2.65. The number of thioether (sulfide) groups is 1. The number of rotatable bonds is 7. The number of hydrogen-bond donors (Lipinski definition) is 3. The van der Waals surface area contributed by atoms with Crippen LogP contribution in [0.5, 0.6) is 5.75 Å². The second-order valence-corrected chi connectivity index (χ2v) is 7.76. The van der Waals surface area contributed by atoms with E-state index in [2.05, 4.69) is 35.8 Å². The van der Waals surface area contributed by atoms with E-state index in [0.29, 0.717) is 22.0 Å². The van der Waals surface area contributed by atoms with E-state index in [0.717, 1.165) is 4.90 Å². The fraction of sp³-hybridized carbons (Fsp3) is 0.0526. The van der Waals surface area contributed by atoms with Crippen LogP contribution in [0.2, 0.25) is 5.02 Å². The highest BCUT2D eigenvalue weighted by atomic mass is 35.5. The zero-order valence-corrected chi connectivity index (χ0v) is 17.8. The lowest BCUT2D eigenvalue weighted by molar-refractivity contribution is 0.0949. The third kappa shape index (κ3) is 4.71. The summed E-state index contributed by atoms with van der Waals surface area (Å²) in [6, 6.07) is 14.1. The molecule has 11 nitrogen and oxygen atoms in total. The Hall–Kier alpha value is -3.90. The van der Waals surface area contributed by atoms with Crippen molar-refractivity contribution >= 4 is 41.3 Å². The summed E-state index contributed by atoms with van der Waals surface area (Å²) >= 11 is 7.38. The first-order valence-electron chi connectivity index (χ1n) is 9.05. The number of nitrogens with two attached hydrogens (primary N) is 1. The van der Waals surface area contributed by atoms with Crippen molar-refractivity contribution in [2.24, 2.45) is 5.10 Å². The predicted molar refractivity (Wildman–Crippen MR) is 118 cm³/mol. The monoisotopic (exact) mass is 470 g/mol. The second kappa shape index (κ2) is 9.49. The van der Waals surface area contributed by atoms with Gasteiger partial charge < -0.3 is 10.8 Å². The van der Waals surface area contributed by atoms with Crippen molar-refractivity contribution < 1.29 is 14.5 Å². The maximum Gasteiger partial charge on any atom is 0.293 e. The fourth-order valence-corrected chi connectivity index (χ4v) is 3.72. The molecule has 0 saturated heterocycles. The van der Waals surface area contributed by atoms with E-state index in [4.69, 9.17) is 17.3 Å². The average molecular weight is 471 g/mol. The van der Waals surface area contributed by atoms with Gasteiger partial charge in [0.25, 0.3) is 5.91 Å². The topological polar surface area (TPSA) is 157 Å². The minimum atomic E-state index is -0.618. The first-order valence-corrected chi connectivity index (χ1v) is 10.4. The van der Waals surface area contributed by atoms with Crippen molar-refractivity contribution in [1.82, 2.24) is 30.7 Å². The smallest absolute Gasteiger partial charge is 0.293 e. The average Bonchev–Trinajstić information content (AvgIpc) is 3.41. The minimum absolute atomic E-state index is 0.00210. The molecule has 0 aliphatic carbocycles. The second-order valence-electron chi connectivity index (χ2n) is 6.27. The highest BCUT2D eigenvalue weighted by Crippen LogP contribution is 2.26. The molecule has 0 spiro atoms. The molecule has 2 heterocycles. The van der Waals surface area contributed by atoms with Gasteiger partial charge in [-0.2, -0.15) is 9.78 Å². The Morgan fingerprint density at radius 3 is 2.84 bits per heavy atom. The first kappa shape index (κ1) is 21.3. The van der Waals surface area contributed by atoms with Crippen LogP contribution in [0.1, 0.15) is 21.7 Å². The molecule has 2 aromatic heterocycles. The lowest BCUT2D eigenvalue weighted by atomic mass is 10.2. The molecule has 0 unspecified atom stereocenters. The van der Waals surface area contributed by atoms with Crippen LogP contribution in [0.3, 0.4) is 0 Å². The summed E-state index contributed by atoms with van der Waals surface area (Å²) in [6.45, 7) is 0. The number of phenolic OH excluding ortho intramolecular Hbond substituents is 1. The van der Waals surface area contributed by atoms with Crippen LogP contribution in [-0.4, -0.2) is 42.5 Å². The molecule has 0 atom stereocenters. The van der Waals surface area contributed by atoms with Crippen LogP contribution >= 0.6 is 23.4 Å². The number of benzene rings is 2. The molecule has 2 aromatic carbocycles. The van der Waals surface area contributed by atoms with Crippen LogP contribution < -0.4 is 11.2 Å². The van der Waals surface area contributed by atoms with Gasteiger partial charge >= 0.3 is 0 Å². The lowest BCUT2D eigenvalue weighted by Crippen LogP contribution is -2.20.